The molecule has 0 aliphatic rings. The number of fused-ring (bicyclic) bond motifs is 1. The maximum absolute atomic E-state index is 13.1. The smallest absolute Gasteiger partial charge is 0.251 e. The Morgan fingerprint density at radius 3 is 2.32 bits per heavy atom. The number of nitrogens with zero attached hydrogens (tertiary/aromatic N) is 1. The van der Waals surface area contributed by atoms with Crippen molar-refractivity contribution >= 4 is 16.8 Å². The van der Waals surface area contributed by atoms with Crippen molar-refractivity contribution in [2.24, 2.45) is 0 Å². The molecule has 1 atom stereocenters. The van der Waals surface area contributed by atoms with Gasteiger partial charge in [0.25, 0.3) is 5.91 Å². The van der Waals surface area contributed by atoms with Crippen molar-refractivity contribution in [1.29, 1.82) is 0 Å². The SMILES string of the molecule is CCC(NC(=O)c1ccc2c(c1)c(C)cn2Cc1ccc(-c2ccccc2C(O)O)cc1)c1ccccc1. The molecule has 5 heteroatoms. The molecule has 192 valence electrons. The van der Waals surface area contributed by atoms with Gasteiger partial charge in [0, 0.05) is 34.8 Å². The summed E-state index contributed by atoms with van der Waals surface area (Å²) >= 11 is 0. The lowest BCUT2D eigenvalue weighted by molar-refractivity contribution is -0.0420. The average Bonchev–Trinajstić information content (AvgIpc) is 3.26. The Morgan fingerprint density at radius 2 is 1.61 bits per heavy atom. The number of aromatic nitrogens is 1. The van der Waals surface area contributed by atoms with Crippen LogP contribution in [0.25, 0.3) is 22.0 Å². The fourth-order valence-electron chi connectivity index (χ4n) is 5.07. The molecule has 1 amide bonds. The third-order valence-corrected chi connectivity index (χ3v) is 7.11. The van der Waals surface area contributed by atoms with Crippen molar-refractivity contribution < 1.29 is 15.0 Å². The van der Waals surface area contributed by atoms with Gasteiger partial charge in [0.2, 0.25) is 0 Å². The van der Waals surface area contributed by atoms with Crippen LogP contribution in [-0.2, 0) is 6.54 Å². The lowest BCUT2D eigenvalue weighted by Gasteiger charge is -2.17. The molecule has 5 nitrogen and oxygen atoms in total. The summed E-state index contributed by atoms with van der Waals surface area (Å²) in [5.74, 6) is -0.0707. The van der Waals surface area contributed by atoms with Crippen LogP contribution < -0.4 is 5.32 Å². The Labute approximate surface area is 223 Å². The summed E-state index contributed by atoms with van der Waals surface area (Å²) in [6.07, 6.45) is 1.42. The molecule has 5 aromatic rings. The van der Waals surface area contributed by atoms with Crippen molar-refractivity contribution in [2.75, 3.05) is 0 Å². The Hall–Kier alpha value is -4.19. The van der Waals surface area contributed by atoms with Crippen molar-refractivity contribution in [1.82, 2.24) is 9.88 Å². The highest BCUT2D eigenvalue weighted by Gasteiger charge is 2.16. The number of benzene rings is 4. The van der Waals surface area contributed by atoms with Crippen molar-refractivity contribution in [3.05, 3.63) is 131 Å². The van der Waals surface area contributed by atoms with E-state index in [0.717, 1.165) is 45.1 Å². The quantitative estimate of drug-likeness (QED) is 0.210. The number of nitrogens with one attached hydrogen (secondary N) is 1. The van der Waals surface area contributed by atoms with Crippen molar-refractivity contribution in [3.8, 4) is 11.1 Å². The normalized spacial score (nSPS) is 12.1. The molecule has 0 aliphatic heterocycles. The Bertz CT molecular complexity index is 1550. The first-order valence-electron chi connectivity index (χ1n) is 12.9. The van der Waals surface area contributed by atoms with Gasteiger partial charge in [-0.15, -0.1) is 0 Å². The number of hydrogen-bond acceptors (Lipinski definition) is 3. The predicted octanol–water partition coefficient (Wildman–Crippen LogP) is 6.53. The lowest BCUT2D eigenvalue weighted by Crippen LogP contribution is -2.28. The summed E-state index contributed by atoms with van der Waals surface area (Å²) in [6, 6.07) is 31.4. The second kappa shape index (κ2) is 11.1. The minimum Gasteiger partial charge on any atom is -0.364 e. The van der Waals surface area contributed by atoms with E-state index in [9.17, 15) is 15.0 Å². The Kier molecular flexibility index (Phi) is 7.40. The zero-order valence-corrected chi connectivity index (χ0v) is 21.6. The summed E-state index contributed by atoms with van der Waals surface area (Å²) in [5.41, 5.74) is 7.31. The topological polar surface area (TPSA) is 74.5 Å². The second-order valence-corrected chi connectivity index (χ2v) is 9.67. The first-order chi connectivity index (χ1) is 18.4. The Balaban J connectivity index is 1.35. The molecule has 1 heterocycles. The van der Waals surface area contributed by atoms with E-state index in [0.29, 0.717) is 17.7 Å². The molecule has 0 aliphatic carbocycles. The van der Waals surface area contributed by atoms with E-state index in [1.165, 1.54) is 0 Å². The fraction of sp³-hybridized carbons (Fsp3) is 0.182. The number of rotatable bonds is 8. The second-order valence-electron chi connectivity index (χ2n) is 9.67. The molecule has 0 spiro atoms. The van der Waals surface area contributed by atoms with E-state index in [1.807, 2.05) is 72.8 Å². The van der Waals surface area contributed by atoms with Gasteiger partial charge in [0.15, 0.2) is 6.29 Å². The van der Waals surface area contributed by atoms with Crippen molar-refractivity contribution in [2.45, 2.75) is 39.1 Å². The summed E-state index contributed by atoms with van der Waals surface area (Å²) in [7, 11) is 0. The third-order valence-electron chi connectivity index (χ3n) is 7.11. The van der Waals surface area contributed by atoms with Crippen LogP contribution in [0.3, 0.4) is 0 Å². The van der Waals surface area contributed by atoms with Crippen LogP contribution >= 0.6 is 0 Å². The summed E-state index contributed by atoms with van der Waals surface area (Å²) in [4.78, 5) is 13.1. The molecule has 3 N–H and O–H groups in total. The van der Waals surface area contributed by atoms with Gasteiger partial charge < -0.3 is 20.1 Å². The number of carbonyl (C=O) groups excluding carboxylic acids is 1. The van der Waals surface area contributed by atoms with E-state index >= 15 is 0 Å². The minimum absolute atomic E-state index is 0.0272. The number of amides is 1. The maximum Gasteiger partial charge on any atom is 0.251 e. The zero-order valence-electron chi connectivity index (χ0n) is 21.6. The number of aryl methyl sites for hydroxylation is 1. The van der Waals surface area contributed by atoms with Gasteiger partial charge >= 0.3 is 0 Å². The molecule has 1 unspecified atom stereocenters. The third kappa shape index (κ3) is 5.25. The van der Waals surface area contributed by atoms with Crippen LogP contribution in [-0.4, -0.2) is 20.7 Å². The minimum atomic E-state index is -1.52. The first-order valence-corrected chi connectivity index (χ1v) is 12.9. The summed E-state index contributed by atoms with van der Waals surface area (Å²) < 4.78 is 2.20. The standard InChI is InChI=1S/C33H32N2O3/c1-3-30(25-9-5-4-6-10-25)34-32(36)26-17-18-31-29(19-26)22(2)20-35(31)21-23-13-15-24(16-14-23)27-11-7-8-12-28(27)33(37)38/h4-20,30,33,37-38H,3,21H2,1-2H3,(H,34,36). The highest BCUT2D eigenvalue weighted by atomic mass is 16.5. The molecule has 0 bridgehead atoms. The van der Waals surface area contributed by atoms with Crippen LogP contribution in [0.5, 0.6) is 0 Å². The van der Waals surface area contributed by atoms with Gasteiger partial charge in [-0.1, -0.05) is 85.8 Å². The van der Waals surface area contributed by atoms with Crippen LogP contribution in [0.2, 0.25) is 0 Å². The predicted molar refractivity (Wildman–Crippen MR) is 152 cm³/mol. The van der Waals surface area contributed by atoms with Gasteiger partial charge in [0.05, 0.1) is 6.04 Å². The molecule has 1 aromatic heterocycles. The first kappa shape index (κ1) is 25.5. The fourth-order valence-corrected chi connectivity index (χ4v) is 5.07. The molecule has 0 fully saturated rings. The Morgan fingerprint density at radius 1 is 0.895 bits per heavy atom. The largest absolute Gasteiger partial charge is 0.364 e. The number of hydrogen-bond donors (Lipinski definition) is 3. The molecule has 5 rings (SSSR count). The molecule has 38 heavy (non-hydrogen) atoms. The zero-order chi connectivity index (χ0) is 26.6. The van der Waals surface area contributed by atoms with E-state index in [1.54, 1.807) is 12.1 Å². The number of carbonyl (C=O) groups is 1. The molecule has 0 saturated heterocycles. The highest BCUT2D eigenvalue weighted by Crippen LogP contribution is 2.29. The summed E-state index contributed by atoms with van der Waals surface area (Å²) in [5, 5.41) is 23.7. The van der Waals surface area contributed by atoms with E-state index < -0.39 is 6.29 Å². The van der Waals surface area contributed by atoms with Gasteiger partial charge in [-0.2, -0.15) is 0 Å². The maximum atomic E-state index is 13.1. The van der Waals surface area contributed by atoms with Gasteiger partial charge in [-0.05, 0) is 59.4 Å². The van der Waals surface area contributed by atoms with Crippen LogP contribution in [0.1, 0.15) is 58.3 Å². The van der Waals surface area contributed by atoms with E-state index in [2.05, 4.69) is 42.1 Å². The number of aliphatic hydroxyl groups excluding tert-OH is 1. The number of aliphatic hydroxyl groups is 2. The van der Waals surface area contributed by atoms with Gasteiger partial charge in [-0.25, -0.2) is 0 Å². The van der Waals surface area contributed by atoms with Gasteiger partial charge in [0.1, 0.15) is 0 Å². The molecular formula is C33H32N2O3. The molecular weight excluding hydrogens is 472 g/mol. The van der Waals surface area contributed by atoms with Gasteiger partial charge in [-0.3, -0.25) is 4.79 Å². The molecule has 0 radical (unpaired) electrons. The monoisotopic (exact) mass is 504 g/mol. The summed E-state index contributed by atoms with van der Waals surface area (Å²) in [6.45, 7) is 4.83. The van der Waals surface area contributed by atoms with Crippen LogP contribution in [0.15, 0.2) is 103 Å². The van der Waals surface area contributed by atoms with Crippen molar-refractivity contribution in [3.63, 3.8) is 0 Å². The lowest BCUT2D eigenvalue weighted by atomic mass is 9.98. The average molecular weight is 505 g/mol. The van der Waals surface area contributed by atoms with E-state index in [4.69, 9.17) is 0 Å². The molecule has 0 saturated carbocycles. The van der Waals surface area contributed by atoms with Crippen LogP contribution in [0.4, 0.5) is 0 Å². The van der Waals surface area contributed by atoms with E-state index in [-0.39, 0.29) is 11.9 Å². The molecule has 4 aromatic carbocycles. The van der Waals surface area contributed by atoms with Crippen LogP contribution in [0, 0.1) is 6.92 Å². The highest BCUT2D eigenvalue weighted by molar-refractivity contribution is 5.99.